The molecule has 0 aliphatic carbocycles. The first-order valence-corrected chi connectivity index (χ1v) is 12.2. The maximum Gasteiger partial charge on any atom is 0.475 e. The van der Waals surface area contributed by atoms with Gasteiger partial charge < -0.3 is 26.0 Å². The maximum absolute atomic E-state index is 13.1. The number of urea groups is 1. The van der Waals surface area contributed by atoms with Gasteiger partial charge in [0, 0.05) is 13.0 Å². The van der Waals surface area contributed by atoms with E-state index in [1.54, 1.807) is 0 Å². The van der Waals surface area contributed by atoms with Crippen LogP contribution in [0.1, 0.15) is 31.4 Å². The molecule has 3 rings (SSSR count). The second-order valence-electron chi connectivity index (χ2n) is 9.29. The fourth-order valence-electron chi connectivity index (χ4n) is 3.94. The monoisotopic (exact) mass is 487 g/mol. The first-order chi connectivity index (χ1) is 17.3. The van der Waals surface area contributed by atoms with Crippen molar-refractivity contribution in [3.05, 3.63) is 96.1 Å². The highest BCUT2D eigenvalue weighted by molar-refractivity contribution is 6.43. The Kier molecular flexibility index (Phi) is 10.1. The van der Waals surface area contributed by atoms with Crippen molar-refractivity contribution in [2.24, 2.45) is 5.92 Å². The Morgan fingerprint density at radius 1 is 0.778 bits per heavy atom. The molecule has 3 aromatic carbocycles. The van der Waals surface area contributed by atoms with Gasteiger partial charge in [0.25, 0.3) is 0 Å². The van der Waals surface area contributed by atoms with E-state index in [0.717, 1.165) is 22.3 Å². The van der Waals surface area contributed by atoms with Gasteiger partial charge in [-0.2, -0.15) is 0 Å². The van der Waals surface area contributed by atoms with Crippen molar-refractivity contribution in [2.45, 2.75) is 45.2 Å². The Labute approximate surface area is 213 Å². The van der Waals surface area contributed by atoms with Gasteiger partial charge in [-0.25, -0.2) is 4.79 Å². The minimum atomic E-state index is -1.69. The van der Waals surface area contributed by atoms with Gasteiger partial charge in [-0.05, 0) is 34.6 Å². The van der Waals surface area contributed by atoms with Gasteiger partial charge in [0.05, 0.1) is 5.94 Å². The number of carbonyl (C=O) groups excluding carboxylic acids is 2. The van der Waals surface area contributed by atoms with Crippen LogP contribution in [0.3, 0.4) is 0 Å². The summed E-state index contributed by atoms with van der Waals surface area (Å²) in [5, 5.41) is 27.7. The molecule has 0 aliphatic rings. The summed E-state index contributed by atoms with van der Waals surface area (Å²) < 4.78 is 0. The molecular formula is C28H34BN3O4. The molecule has 2 atom stereocenters. The van der Waals surface area contributed by atoms with Crippen LogP contribution < -0.4 is 16.0 Å². The van der Waals surface area contributed by atoms with Gasteiger partial charge in [-0.1, -0.05) is 98.8 Å². The van der Waals surface area contributed by atoms with Crippen LogP contribution in [-0.4, -0.2) is 41.1 Å². The van der Waals surface area contributed by atoms with Gasteiger partial charge in [-0.15, -0.1) is 0 Å². The van der Waals surface area contributed by atoms with Gasteiger partial charge in [-0.3, -0.25) is 4.79 Å². The smallest absolute Gasteiger partial charge is 0.426 e. The van der Waals surface area contributed by atoms with Crippen LogP contribution in [0.25, 0.3) is 11.1 Å². The Hall–Kier alpha value is -3.62. The van der Waals surface area contributed by atoms with Crippen LogP contribution in [0, 0.1) is 5.92 Å². The van der Waals surface area contributed by atoms with E-state index in [1.807, 2.05) is 98.8 Å². The molecule has 0 spiro atoms. The molecule has 0 heterocycles. The van der Waals surface area contributed by atoms with E-state index in [9.17, 15) is 19.6 Å². The topological polar surface area (TPSA) is 111 Å². The average molecular weight is 487 g/mol. The van der Waals surface area contributed by atoms with Crippen LogP contribution in [0.5, 0.6) is 0 Å². The summed E-state index contributed by atoms with van der Waals surface area (Å²) in [6.07, 6.45) is 0.661. The standard InChI is InChI=1S/C28H34BN3O4/c1-20(2)17-26(29(35)36)32-27(33)25(18-21-9-5-3-6-10-21)31-28(34)30-19-22-13-15-24(16-14-22)23-11-7-4-8-12-23/h3-16,20,25-26,35-36H,17-19H2,1-2H3,(H,32,33)(H2,30,31,34)/t25-,26-/m0/s1. The van der Waals surface area contributed by atoms with Crippen molar-refractivity contribution in [1.29, 1.82) is 0 Å². The molecule has 3 amide bonds. The number of benzene rings is 3. The number of rotatable bonds is 11. The molecular weight excluding hydrogens is 453 g/mol. The first-order valence-electron chi connectivity index (χ1n) is 12.2. The third-order valence-electron chi connectivity index (χ3n) is 5.83. The highest BCUT2D eigenvalue weighted by atomic mass is 16.4. The van der Waals surface area contributed by atoms with E-state index in [-0.39, 0.29) is 12.3 Å². The lowest BCUT2D eigenvalue weighted by Gasteiger charge is -2.24. The van der Waals surface area contributed by atoms with Crippen LogP contribution in [0.15, 0.2) is 84.9 Å². The largest absolute Gasteiger partial charge is 0.475 e. The molecule has 0 bridgehead atoms. The van der Waals surface area contributed by atoms with E-state index < -0.39 is 31.0 Å². The third kappa shape index (κ3) is 8.55. The molecule has 7 nitrogen and oxygen atoms in total. The second kappa shape index (κ2) is 13.5. The molecule has 0 saturated carbocycles. The Balaban J connectivity index is 1.62. The quantitative estimate of drug-likeness (QED) is 0.267. The van der Waals surface area contributed by atoms with Crippen LogP contribution in [0.2, 0.25) is 0 Å². The highest BCUT2D eigenvalue weighted by Crippen LogP contribution is 2.19. The molecule has 36 heavy (non-hydrogen) atoms. The van der Waals surface area contributed by atoms with Gasteiger partial charge in [0.15, 0.2) is 0 Å². The molecule has 3 aromatic rings. The predicted octanol–water partition coefficient (Wildman–Crippen LogP) is 3.31. The molecule has 0 aliphatic heterocycles. The van der Waals surface area contributed by atoms with Crippen molar-refractivity contribution < 1.29 is 19.6 Å². The predicted molar refractivity (Wildman–Crippen MR) is 143 cm³/mol. The zero-order valence-corrected chi connectivity index (χ0v) is 20.7. The Bertz CT molecular complexity index is 1090. The van der Waals surface area contributed by atoms with Crippen LogP contribution in [-0.2, 0) is 17.8 Å². The average Bonchev–Trinajstić information content (AvgIpc) is 2.88. The normalized spacial score (nSPS) is 12.5. The van der Waals surface area contributed by atoms with Crippen molar-refractivity contribution in [3.8, 4) is 11.1 Å². The third-order valence-corrected chi connectivity index (χ3v) is 5.83. The van der Waals surface area contributed by atoms with Gasteiger partial charge in [0.1, 0.15) is 6.04 Å². The molecule has 0 fully saturated rings. The lowest BCUT2D eigenvalue weighted by molar-refractivity contribution is -0.123. The van der Waals surface area contributed by atoms with E-state index in [1.165, 1.54) is 0 Å². The molecule has 5 N–H and O–H groups in total. The molecule has 0 radical (unpaired) electrons. The number of carbonyl (C=O) groups is 2. The van der Waals surface area contributed by atoms with Crippen molar-refractivity contribution in [3.63, 3.8) is 0 Å². The molecule has 0 saturated heterocycles. The Morgan fingerprint density at radius 2 is 1.36 bits per heavy atom. The molecule has 188 valence electrons. The minimum absolute atomic E-state index is 0.147. The van der Waals surface area contributed by atoms with Crippen LogP contribution >= 0.6 is 0 Å². The van der Waals surface area contributed by atoms with Crippen molar-refractivity contribution in [1.82, 2.24) is 16.0 Å². The summed E-state index contributed by atoms with van der Waals surface area (Å²) >= 11 is 0. The SMILES string of the molecule is CC(C)C[C@H](NC(=O)[C@H](Cc1ccccc1)NC(=O)NCc1ccc(-c2ccccc2)cc1)B(O)O. The lowest BCUT2D eigenvalue weighted by Crippen LogP contribution is -2.56. The maximum atomic E-state index is 13.1. The number of amides is 3. The van der Waals surface area contributed by atoms with Crippen molar-refractivity contribution in [2.75, 3.05) is 0 Å². The van der Waals surface area contributed by atoms with Crippen LogP contribution in [0.4, 0.5) is 4.79 Å². The number of hydrogen-bond donors (Lipinski definition) is 5. The zero-order valence-electron chi connectivity index (χ0n) is 20.7. The summed E-state index contributed by atoms with van der Waals surface area (Å²) in [6.45, 7) is 4.16. The summed E-state index contributed by atoms with van der Waals surface area (Å²) in [5.41, 5.74) is 4.01. The molecule has 0 unspecified atom stereocenters. The first kappa shape index (κ1) is 27.0. The minimum Gasteiger partial charge on any atom is -0.426 e. The lowest BCUT2D eigenvalue weighted by atomic mass is 9.75. The second-order valence-corrected chi connectivity index (χ2v) is 9.29. The summed E-state index contributed by atoms with van der Waals surface area (Å²) in [5.74, 6) is -1.15. The van der Waals surface area contributed by atoms with Gasteiger partial charge >= 0.3 is 13.1 Å². The van der Waals surface area contributed by atoms with Gasteiger partial charge in [0.2, 0.25) is 5.91 Å². The van der Waals surface area contributed by atoms with Crippen molar-refractivity contribution >= 4 is 19.1 Å². The Morgan fingerprint density at radius 3 is 1.94 bits per heavy atom. The zero-order chi connectivity index (χ0) is 25.9. The molecule has 8 heteroatoms. The van der Waals surface area contributed by atoms with E-state index in [2.05, 4.69) is 16.0 Å². The summed E-state index contributed by atoms with van der Waals surface area (Å²) in [7, 11) is -1.69. The number of hydrogen-bond acceptors (Lipinski definition) is 4. The fraction of sp³-hybridized carbons (Fsp3) is 0.286. The van der Waals surface area contributed by atoms with E-state index >= 15 is 0 Å². The van der Waals surface area contributed by atoms with E-state index in [0.29, 0.717) is 13.0 Å². The van der Waals surface area contributed by atoms with E-state index in [4.69, 9.17) is 0 Å². The summed E-state index contributed by atoms with van der Waals surface area (Å²) in [6, 6.07) is 25.9. The number of nitrogens with one attached hydrogen (secondary N) is 3. The highest BCUT2D eigenvalue weighted by Gasteiger charge is 2.30. The fourth-order valence-corrected chi connectivity index (χ4v) is 3.94. The molecule has 0 aromatic heterocycles. The summed E-state index contributed by atoms with van der Waals surface area (Å²) in [4.78, 5) is 25.8.